The molecule has 1 saturated heterocycles. The lowest BCUT2D eigenvalue weighted by Crippen LogP contribution is -2.59. The summed E-state index contributed by atoms with van der Waals surface area (Å²) in [6, 6.07) is 1.88. The van der Waals surface area contributed by atoms with Crippen LogP contribution >= 0.6 is 0 Å². The van der Waals surface area contributed by atoms with Gasteiger partial charge in [-0.2, -0.15) is 0 Å². The van der Waals surface area contributed by atoms with E-state index >= 15 is 0 Å². The predicted molar refractivity (Wildman–Crippen MR) is 77.3 cm³/mol. The maximum absolute atomic E-state index is 12.8. The number of nitrogens with zero attached hydrogens (tertiary/aromatic N) is 3. The van der Waals surface area contributed by atoms with E-state index in [-0.39, 0.29) is 23.7 Å². The van der Waals surface area contributed by atoms with Crippen LogP contribution in [0, 0.1) is 10.1 Å². The van der Waals surface area contributed by atoms with Gasteiger partial charge in [0.15, 0.2) is 0 Å². The minimum absolute atomic E-state index is 0.00781. The molecule has 1 saturated carbocycles. The van der Waals surface area contributed by atoms with E-state index in [2.05, 4.69) is 5.32 Å². The zero-order chi connectivity index (χ0) is 15.0. The Hall–Kier alpha value is -1.89. The van der Waals surface area contributed by atoms with Crippen molar-refractivity contribution in [3.8, 4) is 0 Å². The Balaban J connectivity index is 1.89. The number of hydrogen-bond donors (Lipinski definition) is 1. The fraction of sp³-hybridized carbons (Fsp3) is 0.643. The molecule has 1 amide bonds. The van der Waals surface area contributed by atoms with Gasteiger partial charge in [0.25, 0.3) is 11.6 Å². The van der Waals surface area contributed by atoms with Gasteiger partial charge in [-0.15, -0.1) is 0 Å². The lowest BCUT2D eigenvalue weighted by Gasteiger charge is -2.38. The molecule has 1 aliphatic heterocycles. The van der Waals surface area contributed by atoms with Crippen LogP contribution in [0.1, 0.15) is 42.7 Å². The van der Waals surface area contributed by atoms with Gasteiger partial charge < -0.3 is 14.8 Å². The maximum atomic E-state index is 12.8. The Bertz CT molecular complexity index is 561. The molecule has 114 valence electrons. The van der Waals surface area contributed by atoms with E-state index in [0.717, 1.165) is 32.4 Å². The van der Waals surface area contributed by atoms with Crippen molar-refractivity contribution in [1.82, 2.24) is 14.8 Å². The number of rotatable bonds is 6. The third-order valence-corrected chi connectivity index (χ3v) is 4.13. The van der Waals surface area contributed by atoms with Crippen molar-refractivity contribution >= 4 is 11.6 Å². The van der Waals surface area contributed by atoms with E-state index in [1.165, 1.54) is 12.3 Å². The summed E-state index contributed by atoms with van der Waals surface area (Å²) >= 11 is 0. The molecule has 1 aromatic rings. The lowest BCUT2D eigenvalue weighted by molar-refractivity contribution is -0.384. The molecule has 0 unspecified atom stereocenters. The van der Waals surface area contributed by atoms with E-state index < -0.39 is 4.92 Å². The minimum Gasteiger partial charge on any atom is -0.334 e. The molecule has 0 radical (unpaired) electrons. The van der Waals surface area contributed by atoms with Gasteiger partial charge in [0.2, 0.25) is 0 Å². The van der Waals surface area contributed by atoms with Crippen molar-refractivity contribution < 1.29 is 9.72 Å². The van der Waals surface area contributed by atoms with Crippen LogP contribution in [0.3, 0.4) is 0 Å². The van der Waals surface area contributed by atoms with Gasteiger partial charge in [0.05, 0.1) is 17.2 Å². The summed E-state index contributed by atoms with van der Waals surface area (Å²) in [4.78, 5) is 25.2. The summed E-state index contributed by atoms with van der Waals surface area (Å²) in [5.74, 6) is -0.0802. The molecule has 21 heavy (non-hydrogen) atoms. The highest BCUT2D eigenvalue weighted by Crippen LogP contribution is 2.38. The Morgan fingerprint density at radius 3 is 2.71 bits per heavy atom. The van der Waals surface area contributed by atoms with Gasteiger partial charge in [-0.25, -0.2) is 0 Å². The van der Waals surface area contributed by atoms with Crippen molar-refractivity contribution in [1.29, 1.82) is 0 Å². The average molecular weight is 292 g/mol. The Labute approximate surface area is 123 Å². The van der Waals surface area contributed by atoms with E-state index in [1.54, 1.807) is 4.57 Å². The number of aromatic nitrogens is 1. The summed E-state index contributed by atoms with van der Waals surface area (Å²) in [6.07, 6.45) is 4.37. The maximum Gasteiger partial charge on any atom is 0.287 e. The topological polar surface area (TPSA) is 80.4 Å². The van der Waals surface area contributed by atoms with Crippen LogP contribution < -0.4 is 5.32 Å². The number of carbonyl (C=O) groups excluding carboxylic acids is 1. The fourth-order valence-electron chi connectivity index (χ4n) is 2.72. The van der Waals surface area contributed by atoms with Gasteiger partial charge in [0, 0.05) is 31.7 Å². The van der Waals surface area contributed by atoms with Crippen LogP contribution in [-0.4, -0.2) is 46.0 Å². The number of amides is 1. The van der Waals surface area contributed by atoms with Crippen LogP contribution in [-0.2, 0) is 0 Å². The quantitative estimate of drug-likeness (QED) is 0.637. The first-order valence-electron chi connectivity index (χ1n) is 7.49. The SMILES string of the molecule is CCCN(C(=O)c1cc([N+](=O)[O-])cn1C1CC1)C1CNC1. The van der Waals surface area contributed by atoms with Gasteiger partial charge in [0.1, 0.15) is 5.69 Å². The smallest absolute Gasteiger partial charge is 0.287 e. The lowest BCUT2D eigenvalue weighted by atomic mass is 10.1. The molecule has 2 heterocycles. The van der Waals surface area contributed by atoms with Crippen molar-refractivity contribution in [3.63, 3.8) is 0 Å². The predicted octanol–water partition coefficient (Wildman–Crippen LogP) is 1.56. The Kier molecular flexibility index (Phi) is 3.67. The molecule has 7 nitrogen and oxygen atoms in total. The molecule has 0 bridgehead atoms. The largest absolute Gasteiger partial charge is 0.334 e. The number of hydrogen-bond acceptors (Lipinski definition) is 4. The standard InChI is InChI=1S/C14H20N4O3/c1-2-5-16(12-7-15-8-12)14(19)13-6-11(18(20)21)9-17(13)10-3-4-10/h6,9-10,12,15H,2-5,7-8H2,1H3. The number of carbonyl (C=O) groups is 1. The van der Waals surface area contributed by atoms with Crippen molar-refractivity contribution in [2.75, 3.05) is 19.6 Å². The Morgan fingerprint density at radius 1 is 1.52 bits per heavy atom. The molecule has 2 fully saturated rings. The van der Waals surface area contributed by atoms with E-state index in [0.29, 0.717) is 12.2 Å². The van der Waals surface area contributed by atoms with Crippen molar-refractivity contribution in [2.24, 2.45) is 0 Å². The van der Waals surface area contributed by atoms with Crippen LogP contribution in [0.15, 0.2) is 12.3 Å². The molecule has 0 atom stereocenters. The molecule has 0 spiro atoms. The molecule has 0 aromatic carbocycles. The molecule has 1 N–H and O–H groups in total. The minimum atomic E-state index is -0.426. The normalized spacial score (nSPS) is 18.3. The van der Waals surface area contributed by atoms with Crippen molar-refractivity contribution in [3.05, 3.63) is 28.1 Å². The van der Waals surface area contributed by atoms with Gasteiger partial charge in [-0.3, -0.25) is 14.9 Å². The molecular weight excluding hydrogens is 272 g/mol. The summed E-state index contributed by atoms with van der Waals surface area (Å²) < 4.78 is 1.80. The first-order valence-corrected chi connectivity index (χ1v) is 7.49. The Morgan fingerprint density at radius 2 is 2.24 bits per heavy atom. The molecule has 1 aliphatic carbocycles. The summed E-state index contributed by atoms with van der Waals surface area (Å²) in [5.41, 5.74) is 0.470. The summed E-state index contributed by atoms with van der Waals surface area (Å²) in [5, 5.41) is 14.2. The van der Waals surface area contributed by atoms with Crippen LogP contribution in [0.25, 0.3) is 0 Å². The highest BCUT2D eigenvalue weighted by Gasteiger charge is 2.35. The molecule has 1 aromatic heterocycles. The van der Waals surface area contributed by atoms with E-state index in [1.807, 2.05) is 11.8 Å². The fourth-order valence-corrected chi connectivity index (χ4v) is 2.72. The highest BCUT2D eigenvalue weighted by molar-refractivity contribution is 5.94. The second kappa shape index (κ2) is 5.48. The van der Waals surface area contributed by atoms with Gasteiger partial charge >= 0.3 is 0 Å². The zero-order valence-electron chi connectivity index (χ0n) is 12.1. The summed E-state index contributed by atoms with van der Waals surface area (Å²) in [6.45, 7) is 4.33. The molecule has 7 heteroatoms. The molecule has 2 aliphatic rings. The van der Waals surface area contributed by atoms with Gasteiger partial charge in [-0.1, -0.05) is 6.92 Å². The second-order valence-electron chi connectivity index (χ2n) is 5.79. The van der Waals surface area contributed by atoms with E-state index in [4.69, 9.17) is 0 Å². The first kappa shape index (κ1) is 14.1. The van der Waals surface area contributed by atoms with Crippen LogP contribution in [0.5, 0.6) is 0 Å². The number of nitro groups is 1. The van der Waals surface area contributed by atoms with Crippen LogP contribution in [0.2, 0.25) is 0 Å². The monoisotopic (exact) mass is 292 g/mol. The molecular formula is C14H20N4O3. The zero-order valence-corrected chi connectivity index (χ0v) is 12.1. The van der Waals surface area contributed by atoms with E-state index in [9.17, 15) is 14.9 Å². The first-order chi connectivity index (χ1) is 10.1. The summed E-state index contributed by atoms with van der Waals surface area (Å²) in [7, 11) is 0. The average Bonchev–Trinajstić information content (AvgIpc) is 3.14. The van der Waals surface area contributed by atoms with Gasteiger partial charge in [-0.05, 0) is 19.3 Å². The second-order valence-corrected chi connectivity index (χ2v) is 5.79. The number of nitrogens with one attached hydrogen (secondary N) is 1. The van der Waals surface area contributed by atoms with Crippen molar-refractivity contribution in [2.45, 2.75) is 38.3 Å². The third-order valence-electron chi connectivity index (χ3n) is 4.13. The highest BCUT2D eigenvalue weighted by atomic mass is 16.6. The van der Waals surface area contributed by atoms with Crippen LogP contribution in [0.4, 0.5) is 5.69 Å². The molecule has 3 rings (SSSR count). The third kappa shape index (κ3) is 2.65.